The van der Waals surface area contributed by atoms with Crippen LogP contribution in [0.2, 0.25) is 9.84 Å². The van der Waals surface area contributed by atoms with Gasteiger partial charge >= 0.3 is 151 Å². The average Bonchev–Trinajstić information content (AvgIpc) is 2.60. The third-order valence-electron chi connectivity index (χ3n) is 3.58. The van der Waals surface area contributed by atoms with E-state index in [9.17, 15) is 14.4 Å². The first-order valence-corrected chi connectivity index (χ1v) is 9.47. The quantitative estimate of drug-likeness (QED) is 0.423. The zero-order valence-electron chi connectivity index (χ0n) is 13.2. The predicted octanol–water partition coefficient (Wildman–Crippen LogP) is 2.22. The van der Waals surface area contributed by atoms with Crippen molar-refractivity contribution in [2.24, 2.45) is 0 Å². The summed E-state index contributed by atoms with van der Waals surface area (Å²) in [4.78, 5) is 36.2. The molecule has 24 heavy (non-hydrogen) atoms. The van der Waals surface area contributed by atoms with Crippen molar-refractivity contribution in [1.82, 2.24) is 0 Å². The van der Waals surface area contributed by atoms with Gasteiger partial charge in [-0.3, -0.25) is 0 Å². The van der Waals surface area contributed by atoms with Crippen molar-refractivity contribution < 1.29 is 28.6 Å². The van der Waals surface area contributed by atoms with E-state index < -0.39 is 42.2 Å². The Hall–Kier alpha value is -1.56. The molecule has 0 unspecified atom stereocenters. The number of carbonyl (C=O) groups excluding carboxylic acids is 3. The molecule has 8 heteroatoms. The van der Waals surface area contributed by atoms with E-state index in [4.69, 9.17) is 25.8 Å². The van der Waals surface area contributed by atoms with Crippen LogP contribution in [-0.4, -0.2) is 51.6 Å². The Labute approximate surface area is 150 Å². The van der Waals surface area contributed by atoms with Crippen LogP contribution < -0.4 is 0 Å². The standard InChI is InChI=1S/C16H17ClO6Se/c1-21-14(19)12-7-4-8-16(24-12,15(20)22-2)23-13(18)10-5-3-6-11(17)9-10/h3,5-6,9,12H,4,7-8H2,1-2H3/t12-,16+/m1/s1. The fourth-order valence-electron chi connectivity index (χ4n) is 2.41. The number of hydrogen-bond donors (Lipinski definition) is 0. The zero-order chi connectivity index (χ0) is 17.7. The molecule has 2 rings (SSSR count). The van der Waals surface area contributed by atoms with Crippen LogP contribution in [0.3, 0.4) is 0 Å². The van der Waals surface area contributed by atoms with Crippen molar-refractivity contribution in [3.8, 4) is 0 Å². The van der Waals surface area contributed by atoms with Gasteiger partial charge in [0.2, 0.25) is 0 Å². The number of esters is 3. The Morgan fingerprint density at radius 2 is 2.00 bits per heavy atom. The molecule has 0 aliphatic carbocycles. The van der Waals surface area contributed by atoms with Crippen molar-refractivity contribution in [3.63, 3.8) is 0 Å². The molecule has 1 fully saturated rings. The molecule has 2 atom stereocenters. The molecular formula is C16H17ClO6Se. The second-order valence-electron chi connectivity index (χ2n) is 5.17. The second-order valence-corrected chi connectivity index (χ2v) is 8.67. The molecule has 1 heterocycles. The maximum atomic E-state index is 12.4. The number of halogens is 1. The van der Waals surface area contributed by atoms with Crippen LogP contribution in [0.4, 0.5) is 0 Å². The second kappa shape index (κ2) is 8.01. The normalized spacial score (nSPS) is 23.2. The molecule has 1 aromatic carbocycles. The molecule has 0 amide bonds. The third kappa shape index (κ3) is 4.09. The van der Waals surface area contributed by atoms with Gasteiger partial charge in [-0.05, 0) is 0 Å². The van der Waals surface area contributed by atoms with Crippen LogP contribution in [-0.2, 0) is 23.8 Å². The van der Waals surface area contributed by atoms with Crippen molar-refractivity contribution >= 4 is 44.5 Å². The van der Waals surface area contributed by atoms with Crippen molar-refractivity contribution in [2.75, 3.05) is 14.2 Å². The summed E-state index contributed by atoms with van der Waals surface area (Å²) in [7, 11) is 2.53. The van der Waals surface area contributed by atoms with E-state index in [-0.39, 0.29) is 5.56 Å². The third-order valence-corrected chi connectivity index (χ3v) is 7.07. The minimum atomic E-state index is -1.43. The molecular weight excluding hydrogens is 403 g/mol. The molecule has 0 N–H and O–H groups in total. The van der Waals surface area contributed by atoms with E-state index in [0.717, 1.165) is 0 Å². The van der Waals surface area contributed by atoms with E-state index in [0.29, 0.717) is 24.3 Å². The van der Waals surface area contributed by atoms with Crippen LogP contribution in [0.25, 0.3) is 0 Å². The van der Waals surface area contributed by atoms with Gasteiger partial charge in [0.25, 0.3) is 0 Å². The monoisotopic (exact) mass is 420 g/mol. The first-order valence-electron chi connectivity index (χ1n) is 7.25. The SMILES string of the molecule is COC(=O)[C@H]1CCC[C@@](OC(=O)c2cccc(Cl)c2)(C(=O)OC)[Se]1. The first kappa shape index (κ1) is 18.8. The Bertz CT molecular complexity index is 649. The average molecular weight is 420 g/mol. The number of methoxy groups -OCH3 is 2. The van der Waals surface area contributed by atoms with Crippen LogP contribution in [0.15, 0.2) is 24.3 Å². The van der Waals surface area contributed by atoms with Gasteiger partial charge in [-0.15, -0.1) is 0 Å². The first-order chi connectivity index (χ1) is 11.4. The molecule has 1 aromatic rings. The zero-order valence-corrected chi connectivity index (χ0v) is 15.7. The van der Waals surface area contributed by atoms with E-state index >= 15 is 0 Å². The molecule has 1 aliphatic rings. The van der Waals surface area contributed by atoms with E-state index in [1.165, 1.54) is 20.3 Å². The van der Waals surface area contributed by atoms with Crippen molar-refractivity contribution in [3.05, 3.63) is 34.9 Å². The van der Waals surface area contributed by atoms with Gasteiger partial charge in [0, 0.05) is 0 Å². The van der Waals surface area contributed by atoms with Gasteiger partial charge in [-0.2, -0.15) is 0 Å². The molecule has 0 spiro atoms. The summed E-state index contributed by atoms with van der Waals surface area (Å²) in [6.07, 6.45) is 1.47. The number of benzene rings is 1. The molecule has 1 saturated heterocycles. The number of ether oxygens (including phenoxy) is 3. The Kier molecular flexibility index (Phi) is 6.27. The molecule has 1 aliphatic heterocycles. The molecule has 6 nitrogen and oxygen atoms in total. The van der Waals surface area contributed by atoms with E-state index in [2.05, 4.69) is 0 Å². The predicted molar refractivity (Wildman–Crippen MR) is 87.0 cm³/mol. The molecule has 0 bridgehead atoms. The fraction of sp³-hybridized carbons (Fsp3) is 0.438. The van der Waals surface area contributed by atoms with E-state index in [1.54, 1.807) is 18.2 Å². The van der Waals surface area contributed by atoms with Gasteiger partial charge in [0.1, 0.15) is 0 Å². The van der Waals surface area contributed by atoms with Crippen LogP contribution in [0, 0.1) is 0 Å². The topological polar surface area (TPSA) is 78.9 Å². The van der Waals surface area contributed by atoms with Gasteiger partial charge < -0.3 is 0 Å². The summed E-state index contributed by atoms with van der Waals surface area (Å²) in [6, 6.07) is 6.26. The number of rotatable bonds is 4. The Morgan fingerprint density at radius 3 is 2.62 bits per heavy atom. The van der Waals surface area contributed by atoms with E-state index in [1.807, 2.05) is 0 Å². The summed E-state index contributed by atoms with van der Waals surface area (Å²) in [5.74, 6) is -1.72. The summed E-state index contributed by atoms with van der Waals surface area (Å²) in [5.41, 5.74) is 0.238. The van der Waals surface area contributed by atoms with Crippen molar-refractivity contribution in [2.45, 2.75) is 28.6 Å². The van der Waals surface area contributed by atoms with Gasteiger partial charge in [0.15, 0.2) is 0 Å². The molecule has 0 aromatic heterocycles. The van der Waals surface area contributed by atoms with Crippen LogP contribution in [0.5, 0.6) is 0 Å². The van der Waals surface area contributed by atoms with Gasteiger partial charge in [-0.25, -0.2) is 0 Å². The Balaban J connectivity index is 2.26. The van der Waals surface area contributed by atoms with Crippen LogP contribution in [0.1, 0.15) is 29.6 Å². The summed E-state index contributed by atoms with van der Waals surface area (Å²) >= 11 is 5.24. The van der Waals surface area contributed by atoms with Crippen LogP contribution >= 0.6 is 11.6 Å². The summed E-state index contributed by atoms with van der Waals surface area (Å²) in [6.45, 7) is 0. The fourth-order valence-corrected chi connectivity index (χ4v) is 5.75. The summed E-state index contributed by atoms with van der Waals surface area (Å²) < 4.78 is 13.7. The number of hydrogen-bond acceptors (Lipinski definition) is 6. The van der Waals surface area contributed by atoms with Crippen molar-refractivity contribution in [1.29, 1.82) is 0 Å². The summed E-state index contributed by atoms with van der Waals surface area (Å²) in [5, 5.41) is 0.387. The maximum absolute atomic E-state index is 12.4. The van der Waals surface area contributed by atoms with Gasteiger partial charge in [0.05, 0.1) is 0 Å². The molecule has 130 valence electrons. The Morgan fingerprint density at radius 1 is 1.25 bits per heavy atom. The van der Waals surface area contributed by atoms with Gasteiger partial charge in [-0.1, -0.05) is 0 Å². The molecule has 0 radical (unpaired) electrons. The molecule has 0 saturated carbocycles. The number of carbonyl (C=O) groups is 3. The minimum absolute atomic E-state index is 0.238.